The number of unbranched alkanes of at least 4 members (excludes halogenated alkanes) is 5. The number of carbonyl (C=O) groups excluding carboxylic acids is 1. The van der Waals surface area contributed by atoms with Gasteiger partial charge in [-0.2, -0.15) is 0 Å². The van der Waals surface area contributed by atoms with E-state index in [0.717, 1.165) is 30.4 Å². The molecule has 0 spiro atoms. The summed E-state index contributed by atoms with van der Waals surface area (Å²) in [6.45, 7) is 4.76. The second kappa shape index (κ2) is 13.3. The van der Waals surface area contributed by atoms with Gasteiger partial charge in [0.1, 0.15) is 5.75 Å². The summed E-state index contributed by atoms with van der Waals surface area (Å²) in [5.74, 6) is 1.68. The van der Waals surface area contributed by atoms with Crippen LogP contribution in [0.4, 0.5) is 4.79 Å². The van der Waals surface area contributed by atoms with Crippen LogP contribution in [0.3, 0.4) is 0 Å². The molecule has 0 heterocycles. The van der Waals surface area contributed by atoms with Crippen molar-refractivity contribution in [2.75, 3.05) is 12.4 Å². The number of hydrogen-bond acceptors (Lipinski definition) is 4. The van der Waals surface area contributed by atoms with E-state index < -0.39 is 6.16 Å². The van der Waals surface area contributed by atoms with Crippen molar-refractivity contribution >= 4 is 17.9 Å². The number of benzene rings is 2. The number of carbonyl (C=O) groups is 1. The second-order valence-corrected chi connectivity index (χ2v) is 8.03. The van der Waals surface area contributed by atoms with E-state index in [2.05, 4.69) is 38.1 Å². The Kier molecular flexibility index (Phi) is 10.6. The summed E-state index contributed by atoms with van der Waals surface area (Å²) in [6, 6.07) is 16.2. The van der Waals surface area contributed by atoms with Crippen LogP contribution in [0.5, 0.6) is 5.75 Å². The third kappa shape index (κ3) is 8.39. The molecule has 152 valence electrons. The van der Waals surface area contributed by atoms with E-state index in [-0.39, 0.29) is 0 Å². The molecule has 0 atom stereocenters. The van der Waals surface area contributed by atoms with Crippen molar-refractivity contribution in [3.63, 3.8) is 0 Å². The molecule has 0 N–H and O–H groups in total. The lowest BCUT2D eigenvalue weighted by atomic mass is 10.1. The topological polar surface area (TPSA) is 35.5 Å². The summed E-state index contributed by atoms with van der Waals surface area (Å²) >= 11 is 1.92. The summed E-state index contributed by atoms with van der Waals surface area (Å²) in [7, 11) is 0. The molecule has 2 rings (SSSR count). The summed E-state index contributed by atoms with van der Waals surface area (Å²) in [6.07, 6.45) is 7.60. The second-order valence-electron chi connectivity index (χ2n) is 6.87. The van der Waals surface area contributed by atoms with Crippen molar-refractivity contribution in [1.29, 1.82) is 0 Å². The Morgan fingerprint density at radius 3 is 2.04 bits per heavy atom. The van der Waals surface area contributed by atoms with Gasteiger partial charge in [0.25, 0.3) is 0 Å². The zero-order valence-electron chi connectivity index (χ0n) is 17.1. The predicted molar refractivity (Wildman–Crippen MR) is 118 cm³/mol. The largest absolute Gasteiger partial charge is 0.513 e. The van der Waals surface area contributed by atoms with Gasteiger partial charge >= 0.3 is 6.16 Å². The van der Waals surface area contributed by atoms with Crippen LogP contribution in [0, 0.1) is 0 Å². The van der Waals surface area contributed by atoms with Crippen LogP contribution in [0.1, 0.15) is 58.8 Å². The molecule has 2 aromatic carbocycles. The SMILES string of the molecule is CCCCCCSc1ccc(-c2ccc(OC(=O)OCCCCC)cc2)cc1. The highest BCUT2D eigenvalue weighted by molar-refractivity contribution is 7.99. The molecule has 0 unspecified atom stereocenters. The molecule has 28 heavy (non-hydrogen) atoms. The van der Waals surface area contributed by atoms with Crippen LogP contribution in [0.2, 0.25) is 0 Å². The number of ether oxygens (including phenoxy) is 2. The van der Waals surface area contributed by atoms with E-state index in [1.807, 2.05) is 23.9 Å². The van der Waals surface area contributed by atoms with Crippen molar-refractivity contribution in [2.24, 2.45) is 0 Å². The lowest BCUT2D eigenvalue weighted by molar-refractivity contribution is 0.0974. The highest BCUT2D eigenvalue weighted by Gasteiger charge is 2.06. The van der Waals surface area contributed by atoms with Crippen molar-refractivity contribution in [3.8, 4) is 16.9 Å². The molecule has 0 saturated carbocycles. The third-order valence-corrected chi connectivity index (χ3v) is 5.58. The Hall–Kier alpha value is -1.94. The zero-order valence-corrected chi connectivity index (χ0v) is 17.9. The van der Waals surface area contributed by atoms with Crippen molar-refractivity contribution in [1.82, 2.24) is 0 Å². The minimum atomic E-state index is -0.635. The highest BCUT2D eigenvalue weighted by Crippen LogP contribution is 2.26. The van der Waals surface area contributed by atoms with Crippen molar-refractivity contribution in [3.05, 3.63) is 48.5 Å². The molecule has 0 amide bonds. The van der Waals surface area contributed by atoms with Gasteiger partial charge in [-0.1, -0.05) is 70.2 Å². The van der Waals surface area contributed by atoms with Gasteiger partial charge in [-0.05, 0) is 54.0 Å². The van der Waals surface area contributed by atoms with E-state index in [9.17, 15) is 4.79 Å². The molecular formula is C24H32O3S. The van der Waals surface area contributed by atoms with Crippen molar-refractivity contribution in [2.45, 2.75) is 63.7 Å². The molecule has 0 aliphatic heterocycles. The summed E-state index contributed by atoms with van der Waals surface area (Å²) in [4.78, 5) is 13.0. The quantitative estimate of drug-likeness (QED) is 0.158. The average Bonchev–Trinajstić information content (AvgIpc) is 2.72. The number of rotatable bonds is 12. The normalized spacial score (nSPS) is 10.6. The molecule has 0 saturated heterocycles. The third-order valence-electron chi connectivity index (χ3n) is 4.48. The van der Waals surface area contributed by atoms with Gasteiger partial charge in [-0.15, -0.1) is 11.8 Å². The van der Waals surface area contributed by atoms with Crippen molar-refractivity contribution < 1.29 is 14.3 Å². The fourth-order valence-corrected chi connectivity index (χ4v) is 3.72. The lowest BCUT2D eigenvalue weighted by Crippen LogP contribution is -2.11. The fraction of sp³-hybridized carbons (Fsp3) is 0.458. The number of thioether (sulfide) groups is 1. The molecular weight excluding hydrogens is 368 g/mol. The first kappa shape index (κ1) is 22.4. The number of hydrogen-bond donors (Lipinski definition) is 0. The molecule has 0 bridgehead atoms. The van der Waals surface area contributed by atoms with Gasteiger partial charge in [0, 0.05) is 4.90 Å². The minimum Gasteiger partial charge on any atom is -0.434 e. The van der Waals surface area contributed by atoms with Crippen LogP contribution in [-0.4, -0.2) is 18.5 Å². The minimum absolute atomic E-state index is 0.410. The first-order valence-electron chi connectivity index (χ1n) is 10.4. The predicted octanol–water partition coefficient (Wildman–Crippen LogP) is 7.73. The maximum Gasteiger partial charge on any atom is 0.513 e. The summed E-state index contributed by atoms with van der Waals surface area (Å²) < 4.78 is 10.3. The van der Waals surface area contributed by atoms with Crippen LogP contribution in [-0.2, 0) is 4.74 Å². The van der Waals surface area contributed by atoms with Gasteiger partial charge in [-0.25, -0.2) is 4.79 Å². The van der Waals surface area contributed by atoms with Gasteiger partial charge < -0.3 is 9.47 Å². The molecule has 0 fully saturated rings. The van der Waals surface area contributed by atoms with Gasteiger partial charge in [0.05, 0.1) is 6.61 Å². The van der Waals surface area contributed by atoms with Crippen LogP contribution < -0.4 is 4.74 Å². The van der Waals surface area contributed by atoms with E-state index in [4.69, 9.17) is 9.47 Å². The van der Waals surface area contributed by atoms with Gasteiger partial charge in [0.15, 0.2) is 0 Å². The van der Waals surface area contributed by atoms with Gasteiger partial charge in [0.2, 0.25) is 0 Å². The Labute approximate surface area is 173 Å². The summed E-state index contributed by atoms with van der Waals surface area (Å²) in [5.41, 5.74) is 2.26. The fourth-order valence-electron chi connectivity index (χ4n) is 2.81. The maximum atomic E-state index is 11.7. The van der Waals surface area contributed by atoms with E-state index >= 15 is 0 Å². The van der Waals surface area contributed by atoms with E-state index in [1.165, 1.54) is 36.3 Å². The first-order valence-corrected chi connectivity index (χ1v) is 11.4. The zero-order chi connectivity index (χ0) is 20.0. The lowest BCUT2D eigenvalue weighted by Gasteiger charge is -2.07. The molecule has 4 heteroatoms. The Morgan fingerprint density at radius 2 is 1.39 bits per heavy atom. The van der Waals surface area contributed by atoms with E-state index in [1.54, 1.807) is 12.1 Å². The maximum absolute atomic E-state index is 11.7. The van der Waals surface area contributed by atoms with E-state index in [0.29, 0.717) is 12.4 Å². The summed E-state index contributed by atoms with van der Waals surface area (Å²) in [5, 5.41) is 0. The molecule has 2 aromatic rings. The average molecular weight is 401 g/mol. The Balaban J connectivity index is 1.79. The van der Waals surface area contributed by atoms with Crippen LogP contribution >= 0.6 is 11.8 Å². The highest BCUT2D eigenvalue weighted by atomic mass is 32.2. The molecule has 3 nitrogen and oxygen atoms in total. The van der Waals surface area contributed by atoms with Crippen LogP contribution in [0.25, 0.3) is 11.1 Å². The molecule has 0 aliphatic rings. The smallest absolute Gasteiger partial charge is 0.434 e. The standard InChI is InChI=1S/C24H32O3S/c1-3-5-7-9-19-28-23-16-12-21(13-17-23)20-10-14-22(15-11-20)27-24(25)26-18-8-6-4-2/h10-17H,3-9,18-19H2,1-2H3. The Morgan fingerprint density at radius 1 is 0.786 bits per heavy atom. The monoisotopic (exact) mass is 400 g/mol. The molecule has 0 aliphatic carbocycles. The molecule has 0 radical (unpaired) electrons. The first-order chi connectivity index (χ1) is 13.7. The van der Waals surface area contributed by atoms with Crippen LogP contribution in [0.15, 0.2) is 53.4 Å². The molecule has 0 aromatic heterocycles. The Bertz CT molecular complexity index is 680. The van der Waals surface area contributed by atoms with Gasteiger partial charge in [-0.3, -0.25) is 0 Å².